The number of rotatable bonds is 7. The lowest BCUT2D eigenvalue weighted by Gasteiger charge is -2.28. The number of likely N-dealkylation sites (N-methyl/N-ethyl adjacent to an activating group) is 1. The Morgan fingerprint density at radius 2 is 1.40 bits per heavy atom. The SMILES string of the molecule is CN(Cc1ccccc1)C(=O)CN(c1ccccc1)S(=O)(=O)N(C)C. The standard InChI is InChI=1S/C18H23N3O3S/c1-19(2)25(23,24)21(17-12-8-5-9-13-17)15-18(22)20(3)14-16-10-6-4-7-11-16/h4-13H,14-15H2,1-3H3. The zero-order valence-corrected chi connectivity index (χ0v) is 15.5. The zero-order valence-electron chi connectivity index (χ0n) is 14.7. The van der Waals surface area contributed by atoms with E-state index in [4.69, 9.17) is 0 Å². The molecule has 0 spiro atoms. The van der Waals surface area contributed by atoms with E-state index in [0.717, 1.165) is 14.2 Å². The first-order valence-electron chi connectivity index (χ1n) is 7.85. The maximum atomic E-state index is 12.6. The molecule has 2 rings (SSSR count). The maximum Gasteiger partial charge on any atom is 0.304 e. The second-order valence-electron chi connectivity index (χ2n) is 5.87. The Morgan fingerprint density at radius 3 is 1.92 bits per heavy atom. The zero-order chi connectivity index (χ0) is 18.4. The summed E-state index contributed by atoms with van der Waals surface area (Å²) in [6.07, 6.45) is 0. The fourth-order valence-corrected chi connectivity index (χ4v) is 3.34. The third-order valence-corrected chi connectivity index (χ3v) is 5.57. The second-order valence-corrected chi connectivity index (χ2v) is 7.93. The fraction of sp³-hybridized carbons (Fsp3) is 0.278. The van der Waals surface area contributed by atoms with Crippen LogP contribution in [0.3, 0.4) is 0 Å². The summed E-state index contributed by atoms with van der Waals surface area (Å²) >= 11 is 0. The Kier molecular flexibility index (Phi) is 6.17. The van der Waals surface area contributed by atoms with E-state index >= 15 is 0 Å². The largest absolute Gasteiger partial charge is 0.340 e. The van der Waals surface area contributed by atoms with Crippen LogP contribution in [-0.2, 0) is 21.5 Å². The minimum Gasteiger partial charge on any atom is -0.340 e. The minimum atomic E-state index is -3.77. The van der Waals surface area contributed by atoms with Crippen molar-refractivity contribution in [3.8, 4) is 0 Å². The van der Waals surface area contributed by atoms with Gasteiger partial charge in [-0.3, -0.25) is 4.79 Å². The molecular formula is C18H23N3O3S. The van der Waals surface area contributed by atoms with Gasteiger partial charge in [0.15, 0.2) is 0 Å². The number of para-hydroxylation sites is 1. The molecule has 2 aromatic rings. The van der Waals surface area contributed by atoms with Crippen LogP contribution in [0.2, 0.25) is 0 Å². The Bertz CT molecular complexity index is 793. The van der Waals surface area contributed by atoms with Crippen molar-refractivity contribution in [1.29, 1.82) is 0 Å². The normalized spacial score (nSPS) is 11.4. The average Bonchev–Trinajstić information content (AvgIpc) is 2.60. The molecule has 0 saturated heterocycles. The van der Waals surface area contributed by atoms with E-state index in [9.17, 15) is 13.2 Å². The molecule has 134 valence electrons. The van der Waals surface area contributed by atoms with Gasteiger partial charge in [-0.2, -0.15) is 12.7 Å². The van der Waals surface area contributed by atoms with Gasteiger partial charge in [0.2, 0.25) is 5.91 Å². The van der Waals surface area contributed by atoms with Crippen molar-refractivity contribution in [2.45, 2.75) is 6.54 Å². The van der Waals surface area contributed by atoms with E-state index in [2.05, 4.69) is 0 Å². The van der Waals surface area contributed by atoms with Crippen molar-refractivity contribution >= 4 is 21.8 Å². The lowest BCUT2D eigenvalue weighted by Crippen LogP contribution is -2.46. The third kappa shape index (κ3) is 4.80. The highest BCUT2D eigenvalue weighted by Crippen LogP contribution is 2.19. The molecule has 0 heterocycles. The van der Waals surface area contributed by atoms with Crippen LogP contribution in [0.15, 0.2) is 60.7 Å². The number of benzene rings is 2. The van der Waals surface area contributed by atoms with Gasteiger partial charge in [-0.1, -0.05) is 48.5 Å². The fourth-order valence-electron chi connectivity index (χ4n) is 2.29. The molecule has 0 aromatic heterocycles. The lowest BCUT2D eigenvalue weighted by atomic mass is 10.2. The highest BCUT2D eigenvalue weighted by atomic mass is 32.2. The molecule has 7 heteroatoms. The van der Waals surface area contributed by atoms with Crippen molar-refractivity contribution in [3.63, 3.8) is 0 Å². The van der Waals surface area contributed by atoms with Gasteiger partial charge in [0.25, 0.3) is 0 Å². The van der Waals surface area contributed by atoms with Crippen LogP contribution in [0.5, 0.6) is 0 Å². The molecule has 0 bridgehead atoms. The smallest absolute Gasteiger partial charge is 0.304 e. The number of carbonyl (C=O) groups is 1. The first-order valence-corrected chi connectivity index (χ1v) is 9.25. The topological polar surface area (TPSA) is 60.9 Å². The maximum absolute atomic E-state index is 12.6. The highest BCUT2D eigenvalue weighted by Gasteiger charge is 2.28. The summed E-state index contributed by atoms with van der Waals surface area (Å²) in [6, 6.07) is 18.2. The first-order chi connectivity index (χ1) is 11.8. The minimum absolute atomic E-state index is 0.256. The summed E-state index contributed by atoms with van der Waals surface area (Å²) in [6.45, 7) is 0.165. The molecule has 0 aliphatic carbocycles. The van der Waals surface area contributed by atoms with Crippen LogP contribution in [0.1, 0.15) is 5.56 Å². The molecule has 0 atom stereocenters. The quantitative estimate of drug-likeness (QED) is 0.757. The summed E-state index contributed by atoms with van der Waals surface area (Å²) in [7, 11) is 0.789. The van der Waals surface area contributed by atoms with Gasteiger partial charge in [0.05, 0.1) is 5.69 Å². The second kappa shape index (κ2) is 8.13. The van der Waals surface area contributed by atoms with Gasteiger partial charge < -0.3 is 4.90 Å². The van der Waals surface area contributed by atoms with Crippen molar-refractivity contribution in [2.75, 3.05) is 32.0 Å². The molecule has 0 fully saturated rings. The number of anilines is 1. The number of hydrogen-bond acceptors (Lipinski definition) is 3. The summed E-state index contributed by atoms with van der Waals surface area (Å²) < 4.78 is 27.5. The van der Waals surface area contributed by atoms with Crippen LogP contribution in [0.4, 0.5) is 5.69 Å². The molecule has 1 amide bonds. The monoisotopic (exact) mass is 361 g/mol. The summed E-state index contributed by atoms with van der Waals surface area (Å²) in [5, 5.41) is 0. The summed E-state index contributed by atoms with van der Waals surface area (Å²) in [5.74, 6) is -0.280. The van der Waals surface area contributed by atoms with Crippen molar-refractivity contribution in [1.82, 2.24) is 9.21 Å². The third-order valence-electron chi connectivity index (χ3n) is 3.75. The van der Waals surface area contributed by atoms with E-state index in [0.29, 0.717) is 12.2 Å². The van der Waals surface area contributed by atoms with E-state index in [1.807, 2.05) is 30.3 Å². The summed E-state index contributed by atoms with van der Waals surface area (Å²) in [5.41, 5.74) is 1.44. The molecule has 0 N–H and O–H groups in total. The summed E-state index contributed by atoms with van der Waals surface area (Å²) in [4.78, 5) is 14.1. The molecule has 0 saturated carbocycles. The molecule has 0 unspecified atom stereocenters. The van der Waals surface area contributed by atoms with E-state index in [1.165, 1.54) is 19.0 Å². The van der Waals surface area contributed by atoms with Crippen LogP contribution >= 0.6 is 0 Å². The van der Waals surface area contributed by atoms with Crippen LogP contribution in [0.25, 0.3) is 0 Å². The van der Waals surface area contributed by atoms with Gasteiger partial charge in [0.1, 0.15) is 6.54 Å². The molecular weight excluding hydrogens is 338 g/mol. The van der Waals surface area contributed by atoms with Gasteiger partial charge in [0, 0.05) is 27.7 Å². The molecule has 25 heavy (non-hydrogen) atoms. The Balaban J connectivity index is 2.20. The lowest BCUT2D eigenvalue weighted by molar-refractivity contribution is -0.128. The van der Waals surface area contributed by atoms with Gasteiger partial charge >= 0.3 is 10.2 Å². The van der Waals surface area contributed by atoms with Gasteiger partial charge in [-0.05, 0) is 17.7 Å². The highest BCUT2D eigenvalue weighted by molar-refractivity contribution is 7.90. The number of nitrogens with zero attached hydrogens (tertiary/aromatic N) is 3. The number of amides is 1. The molecule has 0 aliphatic heterocycles. The Labute approximate surface area is 149 Å². The molecule has 2 aromatic carbocycles. The van der Waals surface area contributed by atoms with Crippen molar-refractivity contribution in [2.24, 2.45) is 0 Å². The van der Waals surface area contributed by atoms with Gasteiger partial charge in [-0.15, -0.1) is 0 Å². The van der Waals surface area contributed by atoms with Crippen molar-refractivity contribution in [3.05, 3.63) is 66.2 Å². The molecule has 0 radical (unpaired) electrons. The van der Waals surface area contributed by atoms with Crippen molar-refractivity contribution < 1.29 is 13.2 Å². The van der Waals surface area contributed by atoms with Gasteiger partial charge in [-0.25, -0.2) is 4.31 Å². The van der Waals surface area contributed by atoms with Crippen LogP contribution < -0.4 is 4.31 Å². The predicted octanol–water partition coefficient (Wildman–Crippen LogP) is 1.96. The number of hydrogen-bond donors (Lipinski definition) is 0. The Hall–Kier alpha value is -2.38. The van der Waals surface area contributed by atoms with E-state index in [1.54, 1.807) is 37.4 Å². The number of carbonyl (C=O) groups excluding carboxylic acids is 1. The Morgan fingerprint density at radius 1 is 0.880 bits per heavy atom. The van der Waals surface area contributed by atoms with Crippen LogP contribution in [-0.4, -0.2) is 51.2 Å². The van der Waals surface area contributed by atoms with E-state index in [-0.39, 0.29) is 12.5 Å². The predicted molar refractivity (Wildman–Crippen MR) is 99.3 cm³/mol. The molecule has 0 aliphatic rings. The van der Waals surface area contributed by atoms with Crippen LogP contribution in [0, 0.1) is 0 Å². The van der Waals surface area contributed by atoms with E-state index < -0.39 is 10.2 Å². The molecule has 6 nitrogen and oxygen atoms in total. The first kappa shape index (κ1) is 19.0. The average molecular weight is 361 g/mol.